The lowest BCUT2D eigenvalue weighted by atomic mass is 10.1. The second kappa shape index (κ2) is 6.03. The predicted molar refractivity (Wildman–Crippen MR) is 79.7 cm³/mol. The highest BCUT2D eigenvalue weighted by Crippen LogP contribution is 2.22. The maximum Gasteiger partial charge on any atom is 0.410 e. The number of hydrogen-bond acceptors (Lipinski definition) is 4. The van der Waals surface area contributed by atoms with Crippen molar-refractivity contribution >= 4 is 11.8 Å². The SMILES string of the molecule is C[C@H](Cc1ccc(O)c(N)c1)N(C)C(=O)OC(C)(C)C. The first-order valence-corrected chi connectivity index (χ1v) is 6.63. The van der Waals surface area contributed by atoms with Crippen molar-refractivity contribution in [3.05, 3.63) is 23.8 Å². The molecule has 0 aliphatic carbocycles. The van der Waals surface area contributed by atoms with Crippen LogP contribution >= 0.6 is 0 Å². The Kier molecular flexibility index (Phi) is 4.87. The summed E-state index contributed by atoms with van der Waals surface area (Å²) in [5.41, 5.74) is 6.46. The average Bonchev–Trinajstić information content (AvgIpc) is 2.30. The van der Waals surface area contributed by atoms with Gasteiger partial charge in [0.05, 0.1) is 5.69 Å². The zero-order chi connectivity index (χ0) is 15.5. The molecule has 1 amide bonds. The number of carbonyl (C=O) groups is 1. The molecule has 1 rings (SSSR count). The van der Waals surface area contributed by atoms with Gasteiger partial charge in [-0.1, -0.05) is 6.07 Å². The second-order valence-corrected chi connectivity index (χ2v) is 6.04. The van der Waals surface area contributed by atoms with E-state index in [1.807, 2.05) is 27.7 Å². The van der Waals surface area contributed by atoms with E-state index in [1.54, 1.807) is 30.1 Å². The normalized spacial score (nSPS) is 12.8. The number of benzene rings is 1. The van der Waals surface area contributed by atoms with Gasteiger partial charge in [0.2, 0.25) is 0 Å². The number of carbonyl (C=O) groups excluding carboxylic acids is 1. The Morgan fingerprint density at radius 3 is 2.55 bits per heavy atom. The lowest BCUT2D eigenvalue weighted by Crippen LogP contribution is -2.40. The molecule has 20 heavy (non-hydrogen) atoms. The van der Waals surface area contributed by atoms with Gasteiger partial charge in [0, 0.05) is 13.1 Å². The van der Waals surface area contributed by atoms with Crippen molar-refractivity contribution in [2.45, 2.75) is 45.8 Å². The fraction of sp³-hybridized carbons (Fsp3) is 0.533. The van der Waals surface area contributed by atoms with Gasteiger partial charge in [-0.15, -0.1) is 0 Å². The fourth-order valence-corrected chi connectivity index (χ4v) is 1.72. The Labute approximate surface area is 120 Å². The highest BCUT2D eigenvalue weighted by Gasteiger charge is 2.23. The van der Waals surface area contributed by atoms with Crippen LogP contribution in [0.3, 0.4) is 0 Å². The molecule has 1 atom stereocenters. The molecule has 0 bridgehead atoms. The van der Waals surface area contributed by atoms with Crippen LogP contribution in [0.4, 0.5) is 10.5 Å². The van der Waals surface area contributed by atoms with E-state index in [0.717, 1.165) is 5.56 Å². The minimum atomic E-state index is -0.506. The van der Waals surface area contributed by atoms with E-state index in [2.05, 4.69) is 0 Å². The topological polar surface area (TPSA) is 75.8 Å². The first-order valence-electron chi connectivity index (χ1n) is 6.63. The number of phenols is 1. The Bertz CT molecular complexity index is 480. The molecule has 0 heterocycles. The van der Waals surface area contributed by atoms with Crippen LogP contribution in [0.5, 0.6) is 5.75 Å². The van der Waals surface area contributed by atoms with Crippen molar-refractivity contribution in [3.63, 3.8) is 0 Å². The summed E-state index contributed by atoms with van der Waals surface area (Å²) in [6.07, 6.45) is 0.289. The number of hydrogen-bond donors (Lipinski definition) is 2. The van der Waals surface area contributed by atoms with Crippen molar-refractivity contribution in [3.8, 4) is 5.75 Å². The Hall–Kier alpha value is -1.91. The Morgan fingerprint density at radius 1 is 1.45 bits per heavy atom. The summed E-state index contributed by atoms with van der Waals surface area (Å²) in [5.74, 6) is 0.0712. The average molecular weight is 280 g/mol. The van der Waals surface area contributed by atoms with Crippen LogP contribution in [0.2, 0.25) is 0 Å². The Balaban J connectivity index is 2.67. The van der Waals surface area contributed by atoms with Gasteiger partial charge in [0.25, 0.3) is 0 Å². The molecule has 0 aromatic heterocycles. The smallest absolute Gasteiger partial charge is 0.410 e. The summed E-state index contributed by atoms with van der Waals surface area (Å²) in [4.78, 5) is 13.5. The van der Waals surface area contributed by atoms with Crippen LogP contribution in [-0.2, 0) is 11.2 Å². The minimum Gasteiger partial charge on any atom is -0.506 e. The number of likely N-dealkylation sites (N-methyl/N-ethyl adjacent to an activating group) is 1. The van der Waals surface area contributed by atoms with Crippen molar-refractivity contribution in [2.24, 2.45) is 0 Å². The third-order valence-corrected chi connectivity index (χ3v) is 2.97. The zero-order valence-corrected chi connectivity index (χ0v) is 12.8. The largest absolute Gasteiger partial charge is 0.506 e. The summed E-state index contributed by atoms with van der Waals surface area (Å²) >= 11 is 0. The van der Waals surface area contributed by atoms with Gasteiger partial charge in [0.1, 0.15) is 11.4 Å². The molecular weight excluding hydrogens is 256 g/mol. The molecule has 0 radical (unpaired) electrons. The molecule has 0 spiro atoms. The van der Waals surface area contributed by atoms with Gasteiger partial charge in [-0.25, -0.2) is 4.79 Å². The highest BCUT2D eigenvalue weighted by atomic mass is 16.6. The van der Waals surface area contributed by atoms with Crippen molar-refractivity contribution < 1.29 is 14.6 Å². The molecule has 0 saturated carbocycles. The molecular formula is C15H24N2O3. The summed E-state index contributed by atoms with van der Waals surface area (Å²) in [5, 5.41) is 9.39. The maximum atomic E-state index is 12.0. The molecule has 1 aromatic carbocycles. The van der Waals surface area contributed by atoms with Crippen LogP contribution in [0, 0.1) is 0 Å². The van der Waals surface area contributed by atoms with E-state index in [1.165, 1.54) is 0 Å². The molecule has 3 N–H and O–H groups in total. The number of anilines is 1. The third kappa shape index (κ3) is 4.64. The summed E-state index contributed by atoms with van der Waals surface area (Å²) in [6.45, 7) is 7.45. The lowest BCUT2D eigenvalue weighted by molar-refractivity contribution is 0.0236. The number of aromatic hydroxyl groups is 1. The molecule has 1 aromatic rings. The molecule has 112 valence electrons. The number of rotatable bonds is 3. The third-order valence-electron chi connectivity index (χ3n) is 2.97. The number of ether oxygens (including phenoxy) is 1. The summed E-state index contributed by atoms with van der Waals surface area (Å²) in [6, 6.07) is 5.04. The van der Waals surface area contributed by atoms with E-state index in [9.17, 15) is 9.90 Å². The van der Waals surface area contributed by atoms with Gasteiger partial charge >= 0.3 is 6.09 Å². The minimum absolute atomic E-state index is 0.0335. The summed E-state index contributed by atoms with van der Waals surface area (Å²) in [7, 11) is 1.71. The summed E-state index contributed by atoms with van der Waals surface area (Å²) < 4.78 is 5.32. The number of nitrogens with zero attached hydrogens (tertiary/aromatic N) is 1. The highest BCUT2D eigenvalue weighted by molar-refractivity contribution is 5.68. The number of phenolic OH excluding ortho intramolecular Hbond substituents is 1. The first-order chi connectivity index (χ1) is 9.10. The molecule has 0 aliphatic rings. The predicted octanol–water partition coefficient (Wildman–Crippen LogP) is 2.77. The fourth-order valence-electron chi connectivity index (χ4n) is 1.72. The standard InChI is InChI=1S/C15H24N2O3/c1-10(17(5)14(19)20-15(2,3)4)8-11-6-7-13(18)12(16)9-11/h6-7,9-10,18H,8,16H2,1-5H3/t10-/m1/s1. The first kappa shape index (κ1) is 16.1. The molecule has 5 nitrogen and oxygen atoms in total. The van der Waals surface area contributed by atoms with Crippen LogP contribution in [0.15, 0.2) is 18.2 Å². The van der Waals surface area contributed by atoms with Crippen LogP contribution in [-0.4, -0.2) is 34.8 Å². The second-order valence-electron chi connectivity index (χ2n) is 6.04. The Morgan fingerprint density at radius 2 is 2.05 bits per heavy atom. The zero-order valence-electron chi connectivity index (χ0n) is 12.8. The van der Waals surface area contributed by atoms with Gasteiger partial charge in [-0.2, -0.15) is 0 Å². The van der Waals surface area contributed by atoms with E-state index in [-0.39, 0.29) is 17.9 Å². The maximum absolute atomic E-state index is 12.0. The van der Waals surface area contributed by atoms with Crippen molar-refractivity contribution in [1.82, 2.24) is 4.90 Å². The number of nitrogens with two attached hydrogens (primary N) is 1. The van der Waals surface area contributed by atoms with Gasteiger partial charge in [-0.05, 0) is 51.8 Å². The quantitative estimate of drug-likeness (QED) is 0.659. The van der Waals surface area contributed by atoms with E-state index < -0.39 is 5.60 Å². The van der Waals surface area contributed by atoms with E-state index in [0.29, 0.717) is 12.1 Å². The molecule has 0 fully saturated rings. The van der Waals surface area contributed by atoms with Crippen LogP contribution in [0.1, 0.15) is 33.3 Å². The molecule has 5 heteroatoms. The van der Waals surface area contributed by atoms with Gasteiger partial charge in [0.15, 0.2) is 0 Å². The van der Waals surface area contributed by atoms with Crippen LogP contribution in [0.25, 0.3) is 0 Å². The van der Waals surface area contributed by atoms with Gasteiger partial charge in [-0.3, -0.25) is 0 Å². The van der Waals surface area contributed by atoms with E-state index >= 15 is 0 Å². The molecule has 0 saturated heterocycles. The van der Waals surface area contributed by atoms with E-state index in [4.69, 9.17) is 10.5 Å². The lowest BCUT2D eigenvalue weighted by Gasteiger charge is -2.28. The monoisotopic (exact) mass is 280 g/mol. The van der Waals surface area contributed by atoms with Crippen molar-refractivity contribution in [2.75, 3.05) is 12.8 Å². The number of amides is 1. The van der Waals surface area contributed by atoms with Crippen LogP contribution < -0.4 is 5.73 Å². The van der Waals surface area contributed by atoms with Gasteiger partial charge < -0.3 is 20.5 Å². The molecule has 0 aliphatic heterocycles. The molecule has 0 unspecified atom stereocenters. The number of nitrogen functional groups attached to an aromatic ring is 1. The van der Waals surface area contributed by atoms with Crippen molar-refractivity contribution in [1.29, 1.82) is 0 Å².